The van der Waals surface area contributed by atoms with Gasteiger partial charge in [0.15, 0.2) is 0 Å². The molecule has 1 rings (SSSR count). The molecule has 0 unspecified atom stereocenters. The van der Waals surface area contributed by atoms with Gasteiger partial charge in [0, 0.05) is 32.6 Å². The fourth-order valence-electron chi connectivity index (χ4n) is 2.01. The van der Waals surface area contributed by atoms with Crippen LogP contribution in [0, 0.1) is 0 Å². The van der Waals surface area contributed by atoms with E-state index in [9.17, 15) is 9.59 Å². The Balaban J connectivity index is 2.28. The average molecular weight is 255 g/mol. The molecule has 0 radical (unpaired) electrons. The number of carbonyl (C=O) groups excluding carboxylic acids is 2. The number of nitrogens with zero attached hydrogens (tertiary/aromatic N) is 2. The van der Waals surface area contributed by atoms with Crippen LogP contribution in [0.25, 0.3) is 0 Å². The van der Waals surface area contributed by atoms with Crippen molar-refractivity contribution in [3.05, 3.63) is 0 Å². The van der Waals surface area contributed by atoms with E-state index in [1.54, 1.807) is 0 Å². The van der Waals surface area contributed by atoms with Gasteiger partial charge in [-0.3, -0.25) is 14.5 Å². The first-order valence-corrected chi connectivity index (χ1v) is 6.82. The van der Waals surface area contributed by atoms with Crippen LogP contribution in [0.3, 0.4) is 0 Å². The second-order valence-electron chi connectivity index (χ2n) is 4.93. The molecule has 2 amide bonds. The maximum absolute atomic E-state index is 11.8. The monoisotopic (exact) mass is 255 g/mol. The minimum atomic E-state index is -0.144. The summed E-state index contributed by atoms with van der Waals surface area (Å²) >= 11 is 0. The molecule has 1 aliphatic heterocycles. The number of nitrogens with one attached hydrogen (secondary N) is 1. The predicted molar refractivity (Wildman–Crippen MR) is 71.2 cm³/mol. The molecule has 0 aromatic rings. The average Bonchev–Trinajstić information content (AvgIpc) is 2.77. The van der Waals surface area contributed by atoms with Crippen molar-refractivity contribution < 1.29 is 9.59 Å². The highest BCUT2D eigenvalue weighted by atomic mass is 16.2. The Hall–Kier alpha value is -1.10. The predicted octanol–water partition coefficient (Wildman–Crippen LogP) is 0.455. The highest BCUT2D eigenvalue weighted by molar-refractivity contribution is 5.81. The van der Waals surface area contributed by atoms with Crippen LogP contribution in [0.2, 0.25) is 0 Å². The number of amides is 2. The zero-order valence-electron chi connectivity index (χ0n) is 11.7. The Bertz CT molecular complexity index is 294. The normalized spacial score (nSPS) is 17.3. The van der Waals surface area contributed by atoms with E-state index in [0.29, 0.717) is 6.42 Å². The van der Waals surface area contributed by atoms with Crippen LogP contribution < -0.4 is 5.32 Å². The Kier molecular flexibility index (Phi) is 6.12. The fraction of sp³-hybridized carbons (Fsp3) is 0.846. The molecule has 0 saturated carbocycles. The largest absolute Gasteiger partial charge is 0.355 e. The number of rotatable bonds is 7. The maximum atomic E-state index is 11.8. The molecule has 18 heavy (non-hydrogen) atoms. The van der Waals surface area contributed by atoms with Gasteiger partial charge in [-0.25, -0.2) is 0 Å². The van der Waals surface area contributed by atoms with Crippen LogP contribution in [0.4, 0.5) is 0 Å². The number of carbonyl (C=O) groups is 2. The lowest BCUT2D eigenvalue weighted by molar-refractivity contribution is -0.128. The lowest BCUT2D eigenvalue weighted by Gasteiger charge is -2.26. The topological polar surface area (TPSA) is 52.7 Å². The SMILES string of the molecule is CCCNC(=O)[C@@H](C)N(C)CCN1CCCC1=O. The third-order valence-corrected chi connectivity index (χ3v) is 3.48. The Morgan fingerprint density at radius 2 is 2.28 bits per heavy atom. The Morgan fingerprint density at radius 3 is 2.83 bits per heavy atom. The third kappa shape index (κ3) is 4.29. The molecule has 1 aliphatic rings. The minimum absolute atomic E-state index is 0.0621. The smallest absolute Gasteiger partial charge is 0.237 e. The quantitative estimate of drug-likeness (QED) is 0.719. The molecule has 104 valence electrons. The summed E-state index contributed by atoms with van der Waals surface area (Å²) in [5.41, 5.74) is 0. The van der Waals surface area contributed by atoms with Gasteiger partial charge in [-0.05, 0) is 26.8 Å². The molecule has 0 aromatic heterocycles. The van der Waals surface area contributed by atoms with E-state index in [-0.39, 0.29) is 17.9 Å². The summed E-state index contributed by atoms with van der Waals surface area (Å²) in [6.45, 7) is 6.99. The van der Waals surface area contributed by atoms with E-state index in [4.69, 9.17) is 0 Å². The summed E-state index contributed by atoms with van der Waals surface area (Å²) < 4.78 is 0. The summed E-state index contributed by atoms with van der Waals surface area (Å²) in [5, 5.41) is 2.89. The van der Waals surface area contributed by atoms with Crippen LogP contribution in [-0.2, 0) is 9.59 Å². The van der Waals surface area contributed by atoms with Crippen LogP contribution in [0.1, 0.15) is 33.1 Å². The summed E-state index contributed by atoms with van der Waals surface area (Å²) in [6, 6.07) is -0.144. The van der Waals surface area contributed by atoms with E-state index < -0.39 is 0 Å². The number of hydrogen-bond donors (Lipinski definition) is 1. The zero-order chi connectivity index (χ0) is 13.5. The van der Waals surface area contributed by atoms with E-state index in [1.165, 1.54) is 0 Å². The molecule has 1 saturated heterocycles. The van der Waals surface area contributed by atoms with Crippen molar-refractivity contribution in [1.29, 1.82) is 0 Å². The molecule has 0 bridgehead atoms. The van der Waals surface area contributed by atoms with Crippen LogP contribution in [0.15, 0.2) is 0 Å². The van der Waals surface area contributed by atoms with E-state index in [2.05, 4.69) is 5.32 Å². The Morgan fingerprint density at radius 1 is 1.56 bits per heavy atom. The van der Waals surface area contributed by atoms with E-state index in [1.807, 2.05) is 30.7 Å². The van der Waals surface area contributed by atoms with E-state index in [0.717, 1.165) is 39.0 Å². The van der Waals surface area contributed by atoms with Gasteiger partial charge in [0.2, 0.25) is 11.8 Å². The second-order valence-corrected chi connectivity index (χ2v) is 4.93. The molecule has 1 atom stereocenters. The van der Waals surface area contributed by atoms with Crippen LogP contribution in [-0.4, -0.2) is 60.9 Å². The van der Waals surface area contributed by atoms with Gasteiger partial charge in [-0.1, -0.05) is 6.92 Å². The zero-order valence-corrected chi connectivity index (χ0v) is 11.7. The first kappa shape index (κ1) is 15.0. The fourth-order valence-corrected chi connectivity index (χ4v) is 2.01. The van der Waals surface area contributed by atoms with Gasteiger partial charge in [0.05, 0.1) is 6.04 Å². The number of likely N-dealkylation sites (N-methyl/N-ethyl adjacent to an activating group) is 1. The third-order valence-electron chi connectivity index (χ3n) is 3.48. The van der Waals surface area contributed by atoms with Crippen molar-refractivity contribution in [2.75, 3.05) is 33.2 Å². The summed E-state index contributed by atoms with van der Waals surface area (Å²) in [5.74, 6) is 0.304. The standard InChI is InChI=1S/C13H25N3O2/c1-4-7-14-13(18)11(2)15(3)9-10-16-8-5-6-12(16)17/h11H,4-10H2,1-3H3,(H,14,18)/t11-/m1/s1. The molecule has 1 N–H and O–H groups in total. The van der Waals surface area contributed by atoms with Gasteiger partial charge in [0.1, 0.15) is 0 Å². The second kappa shape index (κ2) is 7.36. The Labute approximate surface area is 110 Å². The first-order valence-electron chi connectivity index (χ1n) is 6.82. The molecule has 1 heterocycles. The van der Waals surface area contributed by atoms with E-state index >= 15 is 0 Å². The van der Waals surface area contributed by atoms with Gasteiger partial charge in [-0.15, -0.1) is 0 Å². The summed E-state index contributed by atoms with van der Waals surface area (Å²) in [4.78, 5) is 27.1. The van der Waals surface area contributed by atoms with Gasteiger partial charge < -0.3 is 10.2 Å². The van der Waals surface area contributed by atoms with Crippen molar-refractivity contribution in [2.45, 2.75) is 39.2 Å². The molecule has 0 aliphatic carbocycles. The molecule has 5 nitrogen and oxygen atoms in total. The van der Waals surface area contributed by atoms with Gasteiger partial charge in [-0.2, -0.15) is 0 Å². The van der Waals surface area contributed by atoms with Crippen LogP contribution >= 0.6 is 0 Å². The molecule has 0 aromatic carbocycles. The highest BCUT2D eigenvalue weighted by Gasteiger charge is 2.22. The minimum Gasteiger partial charge on any atom is -0.355 e. The number of hydrogen-bond acceptors (Lipinski definition) is 3. The molecule has 5 heteroatoms. The lowest BCUT2D eigenvalue weighted by atomic mass is 10.2. The molecular formula is C13H25N3O2. The van der Waals surface area contributed by atoms with Crippen LogP contribution in [0.5, 0.6) is 0 Å². The molecule has 1 fully saturated rings. The molecular weight excluding hydrogens is 230 g/mol. The van der Waals surface area contributed by atoms with Crippen molar-refractivity contribution in [3.63, 3.8) is 0 Å². The van der Waals surface area contributed by atoms with Crippen molar-refractivity contribution >= 4 is 11.8 Å². The highest BCUT2D eigenvalue weighted by Crippen LogP contribution is 2.09. The van der Waals surface area contributed by atoms with Gasteiger partial charge >= 0.3 is 0 Å². The maximum Gasteiger partial charge on any atom is 0.237 e. The van der Waals surface area contributed by atoms with Crippen molar-refractivity contribution in [1.82, 2.24) is 15.1 Å². The number of likely N-dealkylation sites (tertiary alicyclic amines) is 1. The van der Waals surface area contributed by atoms with Crippen molar-refractivity contribution in [2.24, 2.45) is 0 Å². The lowest BCUT2D eigenvalue weighted by Crippen LogP contribution is -2.46. The van der Waals surface area contributed by atoms with Gasteiger partial charge in [0.25, 0.3) is 0 Å². The summed E-state index contributed by atoms with van der Waals surface area (Å²) in [6.07, 6.45) is 2.59. The first-order chi connectivity index (χ1) is 8.56. The molecule has 0 spiro atoms. The summed E-state index contributed by atoms with van der Waals surface area (Å²) in [7, 11) is 1.93. The van der Waals surface area contributed by atoms with Crippen molar-refractivity contribution in [3.8, 4) is 0 Å².